The molecule has 0 fully saturated rings. The average molecular weight is 416 g/mol. The van der Waals surface area contributed by atoms with Crippen LogP contribution >= 0.6 is 0 Å². The molecular formula is C25H37NO4. The van der Waals surface area contributed by atoms with Gasteiger partial charge >= 0.3 is 0 Å². The smallest absolute Gasteiger partial charge is 0.121 e. The van der Waals surface area contributed by atoms with E-state index in [1.165, 1.54) is 12.0 Å². The van der Waals surface area contributed by atoms with E-state index >= 15 is 0 Å². The van der Waals surface area contributed by atoms with Crippen molar-refractivity contribution in [1.29, 1.82) is 0 Å². The Kier molecular flexibility index (Phi) is 12.1. The van der Waals surface area contributed by atoms with Crippen LogP contribution in [-0.2, 0) is 22.5 Å². The average Bonchev–Trinajstić information content (AvgIpc) is 2.76. The number of rotatable bonds is 16. The highest BCUT2D eigenvalue weighted by Gasteiger charge is 2.10. The van der Waals surface area contributed by atoms with Crippen LogP contribution in [0.25, 0.3) is 0 Å². The van der Waals surface area contributed by atoms with Gasteiger partial charge in [-0.05, 0) is 55.5 Å². The number of hydrogen-bond donors (Lipinski definition) is 3. The summed E-state index contributed by atoms with van der Waals surface area (Å²) in [5.74, 6) is 0.195. The van der Waals surface area contributed by atoms with Crippen LogP contribution in [0.2, 0.25) is 0 Å². The van der Waals surface area contributed by atoms with E-state index in [2.05, 4.69) is 29.6 Å². The molecule has 30 heavy (non-hydrogen) atoms. The van der Waals surface area contributed by atoms with Crippen molar-refractivity contribution in [2.24, 2.45) is 0 Å². The molecule has 166 valence electrons. The molecule has 0 aromatic heterocycles. The number of ether oxygens (including phenoxy) is 2. The highest BCUT2D eigenvalue weighted by molar-refractivity contribution is 5.36. The molecular weight excluding hydrogens is 378 g/mol. The van der Waals surface area contributed by atoms with Crippen molar-refractivity contribution in [3.8, 4) is 5.75 Å². The van der Waals surface area contributed by atoms with Gasteiger partial charge in [0.1, 0.15) is 5.75 Å². The van der Waals surface area contributed by atoms with Gasteiger partial charge in [0.25, 0.3) is 0 Å². The summed E-state index contributed by atoms with van der Waals surface area (Å²) >= 11 is 0. The van der Waals surface area contributed by atoms with Gasteiger partial charge in [-0.15, -0.1) is 0 Å². The Balaban J connectivity index is 1.43. The summed E-state index contributed by atoms with van der Waals surface area (Å²) in [6, 6.07) is 15.7. The molecule has 0 aliphatic carbocycles. The number of aryl methyl sites for hydroxylation is 1. The first-order valence-corrected chi connectivity index (χ1v) is 11.0. The third-order valence-corrected chi connectivity index (χ3v) is 5.12. The molecule has 0 amide bonds. The summed E-state index contributed by atoms with van der Waals surface area (Å²) in [5, 5.41) is 23.4. The molecule has 1 atom stereocenters. The SMILES string of the molecule is COCc1cc(C(O)CNCCCCCCOCCCc2ccccc2)ccc1O. The Bertz CT molecular complexity index is 693. The fourth-order valence-electron chi connectivity index (χ4n) is 3.37. The Hall–Kier alpha value is -1.92. The number of unbranched alkanes of at least 4 members (excludes halogenated alkanes) is 3. The van der Waals surface area contributed by atoms with Crippen molar-refractivity contribution in [1.82, 2.24) is 5.32 Å². The van der Waals surface area contributed by atoms with Crippen molar-refractivity contribution in [2.75, 3.05) is 33.4 Å². The van der Waals surface area contributed by atoms with Crippen LogP contribution in [-0.4, -0.2) is 43.6 Å². The molecule has 0 bridgehead atoms. The van der Waals surface area contributed by atoms with Crippen LogP contribution in [0.4, 0.5) is 0 Å². The number of aromatic hydroxyl groups is 1. The van der Waals surface area contributed by atoms with Gasteiger partial charge in [0.2, 0.25) is 0 Å². The van der Waals surface area contributed by atoms with Crippen LogP contribution in [0, 0.1) is 0 Å². The number of aliphatic hydroxyl groups is 1. The molecule has 2 aromatic rings. The molecule has 1 unspecified atom stereocenters. The van der Waals surface area contributed by atoms with Crippen molar-refractivity contribution in [2.45, 2.75) is 51.2 Å². The van der Waals surface area contributed by atoms with E-state index in [0.717, 1.165) is 57.4 Å². The minimum Gasteiger partial charge on any atom is -0.508 e. The fourth-order valence-corrected chi connectivity index (χ4v) is 3.37. The van der Waals surface area contributed by atoms with Crippen LogP contribution in [0.15, 0.2) is 48.5 Å². The number of methoxy groups -OCH3 is 1. The second-order valence-corrected chi connectivity index (χ2v) is 7.66. The quantitative estimate of drug-likeness (QED) is 0.355. The summed E-state index contributed by atoms with van der Waals surface area (Å²) in [4.78, 5) is 0. The van der Waals surface area contributed by atoms with E-state index in [4.69, 9.17) is 9.47 Å². The lowest BCUT2D eigenvalue weighted by Gasteiger charge is -2.14. The molecule has 0 aliphatic rings. The lowest BCUT2D eigenvalue weighted by molar-refractivity contribution is 0.127. The van der Waals surface area contributed by atoms with Crippen LogP contribution in [0.5, 0.6) is 5.75 Å². The molecule has 0 aliphatic heterocycles. The minimum absolute atomic E-state index is 0.195. The highest BCUT2D eigenvalue weighted by atomic mass is 16.5. The van der Waals surface area contributed by atoms with Gasteiger partial charge in [-0.2, -0.15) is 0 Å². The van der Waals surface area contributed by atoms with Gasteiger partial charge in [0.05, 0.1) is 12.7 Å². The molecule has 3 N–H and O–H groups in total. The van der Waals surface area contributed by atoms with Crippen molar-refractivity contribution >= 4 is 0 Å². The first-order chi connectivity index (χ1) is 14.7. The molecule has 5 nitrogen and oxygen atoms in total. The van der Waals surface area contributed by atoms with Crippen molar-refractivity contribution < 1.29 is 19.7 Å². The predicted molar refractivity (Wildman–Crippen MR) is 121 cm³/mol. The zero-order valence-electron chi connectivity index (χ0n) is 18.2. The van der Waals surface area contributed by atoms with Gasteiger partial charge in [-0.3, -0.25) is 0 Å². The molecule has 0 heterocycles. The third kappa shape index (κ3) is 9.72. The van der Waals surface area contributed by atoms with Gasteiger partial charge in [-0.25, -0.2) is 0 Å². The van der Waals surface area contributed by atoms with Gasteiger partial charge in [0, 0.05) is 32.4 Å². The summed E-state index contributed by atoms with van der Waals surface area (Å²) in [6.45, 7) is 3.39. The third-order valence-electron chi connectivity index (χ3n) is 5.12. The van der Waals surface area contributed by atoms with E-state index in [1.54, 1.807) is 25.3 Å². The molecule has 0 saturated carbocycles. The number of phenols is 1. The molecule has 0 radical (unpaired) electrons. The molecule has 2 rings (SSSR count). The summed E-state index contributed by atoms with van der Waals surface area (Å²) < 4.78 is 10.8. The van der Waals surface area contributed by atoms with E-state index < -0.39 is 6.10 Å². The van der Waals surface area contributed by atoms with Crippen LogP contribution < -0.4 is 5.32 Å². The zero-order valence-corrected chi connectivity index (χ0v) is 18.2. The van der Waals surface area contributed by atoms with Crippen molar-refractivity contribution in [3.63, 3.8) is 0 Å². The van der Waals surface area contributed by atoms with Gasteiger partial charge in [0.15, 0.2) is 0 Å². The molecule has 0 spiro atoms. The number of hydrogen-bond acceptors (Lipinski definition) is 5. The second kappa shape index (κ2) is 15.0. The normalized spacial score (nSPS) is 12.2. The van der Waals surface area contributed by atoms with Crippen LogP contribution in [0.1, 0.15) is 54.9 Å². The maximum Gasteiger partial charge on any atom is 0.121 e. The summed E-state index contributed by atoms with van der Waals surface area (Å²) in [7, 11) is 1.59. The molecule has 5 heteroatoms. The second-order valence-electron chi connectivity index (χ2n) is 7.66. The van der Waals surface area contributed by atoms with E-state index in [-0.39, 0.29) is 5.75 Å². The zero-order chi connectivity index (χ0) is 21.4. The monoisotopic (exact) mass is 415 g/mol. The standard InChI is InChI=1S/C25H37NO4/c1-29-20-23-18-22(13-14-24(23)27)25(28)19-26-15-7-2-3-8-16-30-17-9-12-21-10-5-4-6-11-21/h4-6,10-11,13-14,18,25-28H,2-3,7-9,12,15-17,19-20H2,1H3. The Labute approximate surface area is 181 Å². The number of benzene rings is 2. The number of phenolic OH excluding ortho intramolecular Hbond substituents is 1. The fraction of sp³-hybridized carbons (Fsp3) is 0.520. The maximum absolute atomic E-state index is 10.3. The van der Waals surface area contributed by atoms with Crippen LogP contribution in [0.3, 0.4) is 0 Å². The topological polar surface area (TPSA) is 71.0 Å². The minimum atomic E-state index is -0.592. The van der Waals surface area contributed by atoms with Gasteiger partial charge < -0.3 is 25.0 Å². The van der Waals surface area contributed by atoms with Crippen molar-refractivity contribution in [3.05, 3.63) is 65.2 Å². The largest absolute Gasteiger partial charge is 0.508 e. The summed E-state index contributed by atoms with van der Waals surface area (Å²) in [5.41, 5.74) is 2.85. The van der Waals surface area contributed by atoms with E-state index in [9.17, 15) is 10.2 Å². The van der Waals surface area contributed by atoms with E-state index in [1.807, 2.05) is 6.07 Å². The number of aliphatic hydroxyl groups excluding tert-OH is 1. The predicted octanol–water partition coefficient (Wildman–Crippen LogP) is 4.37. The summed E-state index contributed by atoms with van der Waals surface area (Å²) in [6.07, 6.45) is 6.08. The lowest BCUT2D eigenvalue weighted by Crippen LogP contribution is -2.22. The Morgan fingerprint density at radius 3 is 2.50 bits per heavy atom. The maximum atomic E-state index is 10.3. The first-order valence-electron chi connectivity index (χ1n) is 11.0. The van der Waals surface area contributed by atoms with E-state index in [0.29, 0.717) is 18.7 Å². The Morgan fingerprint density at radius 2 is 1.70 bits per heavy atom. The highest BCUT2D eigenvalue weighted by Crippen LogP contribution is 2.22. The lowest BCUT2D eigenvalue weighted by atomic mass is 10.1. The molecule has 2 aromatic carbocycles. The molecule has 0 saturated heterocycles. The van der Waals surface area contributed by atoms with Gasteiger partial charge in [-0.1, -0.05) is 49.2 Å². The Morgan fingerprint density at radius 1 is 0.933 bits per heavy atom. The number of nitrogens with one attached hydrogen (secondary N) is 1. The first kappa shape index (κ1) is 24.4.